The molecule has 14 heavy (non-hydrogen) atoms. The molecule has 0 saturated carbocycles. The highest BCUT2D eigenvalue weighted by atomic mass is 79.9. The van der Waals surface area contributed by atoms with E-state index in [2.05, 4.69) is 30.3 Å². The third kappa shape index (κ3) is 2.20. The maximum absolute atomic E-state index is 5.81. The van der Waals surface area contributed by atoms with Gasteiger partial charge in [0.1, 0.15) is 0 Å². The highest BCUT2D eigenvalue weighted by Gasteiger charge is 2.00. The van der Waals surface area contributed by atoms with Crippen molar-refractivity contribution in [3.05, 3.63) is 32.6 Å². The molecule has 2 aromatic rings. The van der Waals surface area contributed by atoms with E-state index in [0.717, 1.165) is 4.47 Å². The largest absolute Gasteiger partial charge is 0.236 e. The van der Waals surface area contributed by atoms with Crippen molar-refractivity contribution >= 4 is 54.2 Å². The molecule has 2 aromatic heterocycles. The van der Waals surface area contributed by atoms with E-state index in [-0.39, 0.29) is 0 Å². The van der Waals surface area contributed by atoms with Crippen LogP contribution in [0.4, 0.5) is 5.82 Å². The quantitative estimate of drug-likeness (QED) is 0.759. The van der Waals surface area contributed by atoms with Crippen LogP contribution in [0.1, 0.15) is 0 Å². The maximum atomic E-state index is 5.81. The summed E-state index contributed by atoms with van der Waals surface area (Å²) in [7, 11) is 2.74. The topological polar surface area (TPSA) is 38.1 Å². The second-order valence-electron chi connectivity index (χ2n) is 2.27. The first kappa shape index (κ1) is 10.2. The van der Waals surface area contributed by atoms with E-state index < -0.39 is 0 Å². The second kappa shape index (κ2) is 4.48. The van der Waals surface area contributed by atoms with E-state index in [1.54, 1.807) is 6.20 Å². The Labute approximate surface area is 101 Å². The summed E-state index contributed by atoms with van der Waals surface area (Å²) in [6.07, 6.45) is 1.68. The number of pyridine rings is 1. The van der Waals surface area contributed by atoms with E-state index in [4.69, 9.17) is 11.6 Å². The Morgan fingerprint density at radius 3 is 3.00 bits per heavy atom. The van der Waals surface area contributed by atoms with Crippen LogP contribution in [-0.4, -0.2) is 9.36 Å². The molecule has 0 amide bonds. The predicted octanol–water partition coefficient (Wildman–Crippen LogP) is 3.25. The van der Waals surface area contributed by atoms with Gasteiger partial charge in [-0.15, -0.1) is 0 Å². The summed E-state index contributed by atoms with van der Waals surface area (Å²) in [6.45, 7) is 0. The Morgan fingerprint density at radius 2 is 2.36 bits per heavy atom. The van der Waals surface area contributed by atoms with Gasteiger partial charge < -0.3 is 0 Å². The molecule has 0 fully saturated rings. The average Bonchev–Trinajstić information content (AvgIpc) is 2.56. The zero-order valence-electron chi connectivity index (χ0n) is 6.65. The van der Waals surface area contributed by atoms with Gasteiger partial charge in [0, 0.05) is 16.7 Å². The van der Waals surface area contributed by atoms with Crippen LogP contribution >= 0.6 is 48.4 Å². The van der Waals surface area contributed by atoms with Crippen LogP contribution in [0.5, 0.6) is 0 Å². The normalized spacial score (nSPS) is 12.0. The lowest BCUT2D eigenvalue weighted by Crippen LogP contribution is -1.93. The number of rotatable bonds is 1. The molecule has 0 unspecified atom stereocenters. The summed E-state index contributed by atoms with van der Waals surface area (Å²) in [4.78, 5) is 8.38. The predicted molar refractivity (Wildman–Crippen MR) is 62.2 cm³/mol. The van der Waals surface area contributed by atoms with Gasteiger partial charge >= 0.3 is 0 Å². The highest BCUT2D eigenvalue weighted by Crippen LogP contribution is 2.21. The first-order valence-corrected chi connectivity index (χ1v) is 6.82. The van der Waals surface area contributed by atoms with E-state index in [1.807, 2.05) is 12.1 Å². The zero-order chi connectivity index (χ0) is 9.97. The summed E-state index contributed by atoms with van der Waals surface area (Å²) >= 11 is 9.17. The number of halogens is 2. The number of nitrogens with zero attached hydrogens (tertiary/aromatic N) is 3. The average molecular weight is 309 g/mol. The minimum absolute atomic E-state index is 0.428. The first-order valence-electron chi connectivity index (χ1n) is 3.54. The van der Waals surface area contributed by atoms with Gasteiger partial charge in [-0.25, -0.2) is 9.98 Å². The SMILES string of the molecule is Clc1nssc1=Nc1ncccc1Br. The fourth-order valence-corrected chi connectivity index (χ4v) is 3.10. The van der Waals surface area contributed by atoms with Crippen LogP contribution in [0.3, 0.4) is 0 Å². The van der Waals surface area contributed by atoms with Crippen molar-refractivity contribution in [2.45, 2.75) is 0 Å². The number of aromatic nitrogens is 2. The minimum Gasteiger partial charge on any atom is -0.236 e. The smallest absolute Gasteiger partial charge is 0.179 e. The number of hydrogen-bond donors (Lipinski definition) is 0. The summed E-state index contributed by atoms with van der Waals surface area (Å²) in [5, 5.41) is 0.428. The van der Waals surface area contributed by atoms with Crippen LogP contribution in [0.25, 0.3) is 0 Å². The molecular formula is C7H3BrClN3S2. The van der Waals surface area contributed by atoms with Gasteiger partial charge in [-0.2, -0.15) is 4.37 Å². The Morgan fingerprint density at radius 1 is 1.50 bits per heavy atom. The lowest BCUT2D eigenvalue weighted by molar-refractivity contribution is 1.22. The van der Waals surface area contributed by atoms with Crippen molar-refractivity contribution in [3.8, 4) is 0 Å². The molecule has 0 aromatic carbocycles. The molecule has 2 heterocycles. The molecule has 0 bridgehead atoms. The Kier molecular flexibility index (Phi) is 3.27. The summed E-state index contributed by atoms with van der Waals surface area (Å²) in [5.74, 6) is 0.617. The monoisotopic (exact) mass is 307 g/mol. The molecule has 0 atom stereocenters. The molecule has 0 N–H and O–H groups in total. The van der Waals surface area contributed by atoms with Gasteiger partial charge in [0.2, 0.25) is 0 Å². The van der Waals surface area contributed by atoms with Crippen molar-refractivity contribution < 1.29 is 0 Å². The highest BCUT2D eigenvalue weighted by molar-refractivity contribution is 9.10. The lowest BCUT2D eigenvalue weighted by atomic mass is 10.5. The van der Waals surface area contributed by atoms with E-state index in [9.17, 15) is 0 Å². The molecule has 3 nitrogen and oxygen atoms in total. The van der Waals surface area contributed by atoms with Gasteiger partial charge in [-0.05, 0) is 38.4 Å². The lowest BCUT2D eigenvalue weighted by Gasteiger charge is -1.93. The Bertz CT molecular complexity index is 507. The van der Waals surface area contributed by atoms with Gasteiger partial charge in [0.25, 0.3) is 0 Å². The van der Waals surface area contributed by atoms with Gasteiger partial charge in [0.15, 0.2) is 15.6 Å². The number of hydrogen-bond acceptors (Lipinski definition) is 5. The standard InChI is InChI=1S/C7H3BrClN3S2/c8-4-2-1-3-10-6(4)11-7-5(9)12-14-13-7/h1-3H. The van der Waals surface area contributed by atoms with Crippen LogP contribution < -0.4 is 4.67 Å². The van der Waals surface area contributed by atoms with Crippen LogP contribution in [-0.2, 0) is 0 Å². The Balaban J connectivity index is 2.54. The third-order valence-corrected chi connectivity index (χ3v) is 4.15. The molecule has 0 radical (unpaired) electrons. The molecule has 0 aliphatic carbocycles. The molecular weight excluding hydrogens is 306 g/mol. The Hall–Kier alpha value is -0.300. The van der Waals surface area contributed by atoms with Gasteiger partial charge in [-0.3, -0.25) is 0 Å². The molecule has 2 rings (SSSR count). The molecule has 0 saturated heterocycles. The van der Waals surface area contributed by atoms with Crippen LogP contribution in [0, 0.1) is 0 Å². The van der Waals surface area contributed by atoms with Gasteiger partial charge in [-0.1, -0.05) is 11.6 Å². The second-order valence-corrected chi connectivity index (χ2v) is 5.31. The third-order valence-electron chi connectivity index (χ3n) is 1.36. The summed E-state index contributed by atoms with van der Waals surface area (Å²) in [5.41, 5.74) is 0. The van der Waals surface area contributed by atoms with Crippen molar-refractivity contribution in [2.75, 3.05) is 0 Å². The fraction of sp³-hybridized carbons (Fsp3) is 0. The molecule has 7 heteroatoms. The van der Waals surface area contributed by atoms with E-state index in [0.29, 0.717) is 15.6 Å². The minimum atomic E-state index is 0.428. The van der Waals surface area contributed by atoms with E-state index in [1.165, 1.54) is 20.9 Å². The van der Waals surface area contributed by atoms with E-state index >= 15 is 0 Å². The molecule has 0 spiro atoms. The van der Waals surface area contributed by atoms with Crippen molar-refractivity contribution in [1.29, 1.82) is 0 Å². The zero-order valence-corrected chi connectivity index (χ0v) is 10.6. The van der Waals surface area contributed by atoms with Crippen molar-refractivity contribution in [1.82, 2.24) is 9.36 Å². The molecule has 0 aliphatic rings. The first-order chi connectivity index (χ1) is 6.77. The fourth-order valence-electron chi connectivity index (χ4n) is 0.781. The van der Waals surface area contributed by atoms with Crippen molar-refractivity contribution in [2.24, 2.45) is 4.99 Å². The van der Waals surface area contributed by atoms with Crippen LogP contribution in [0.2, 0.25) is 5.15 Å². The summed E-state index contributed by atoms with van der Waals surface area (Å²) < 4.78 is 5.46. The molecule has 72 valence electrons. The summed E-state index contributed by atoms with van der Waals surface area (Å²) in [6, 6.07) is 3.71. The van der Waals surface area contributed by atoms with Crippen LogP contribution in [0.15, 0.2) is 27.8 Å². The maximum Gasteiger partial charge on any atom is 0.179 e. The molecule has 0 aliphatic heterocycles. The van der Waals surface area contributed by atoms with Crippen molar-refractivity contribution in [3.63, 3.8) is 0 Å². The van der Waals surface area contributed by atoms with Gasteiger partial charge in [0.05, 0.1) is 4.47 Å².